The van der Waals surface area contributed by atoms with Gasteiger partial charge in [0, 0.05) is 42.7 Å². The Hall–Kier alpha value is -3.06. The van der Waals surface area contributed by atoms with Gasteiger partial charge in [-0.05, 0) is 68.0 Å². The fourth-order valence-corrected chi connectivity index (χ4v) is 4.14. The summed E-state index contributed by atoms with van der Waals surface area (Å²) in [5.74, 6) is 1.33. The molecule has 0 spiro atoms. The number of benzene rings is 2. The van der Waals surface area contributed by atoms with Crippen molar-refractivity contribution in [1.82, 2.24) is 4.90 Å². The predicted molar refractivity (Wildman–Crippen MR) is 129 cm³/mol. The molecule has 0 saturated carbocycles. The van der Waals surface area contributed by atoms with Crippen LogP contribution in [-0.2, 0) is 9.53 Å². The van der Waals surface area contributed by atoms with Crippen molar-refractivity contribution < 1.29 is 19.1 Å². The van der Waals surface area contributed by atoms with Crippen LogP contribution in [0.25, 0.3) is 0 Å². The molecule has 0 aromatic heterocycles. The lowest BCUT2D eigenvalue weighted by Gasteiger charge is -2.30. The lowest BCUT2D eigenvalue weighted by atomic mass is 9.98. The third kappa shape index (κ3) is 6.71. The van der Waals surface area contributed by atoms with Crippen molar-refractivity contribution in [3.05, 3.63) is 54.1 Å². The molecule has 1 atom stereocenters. The predicted octanol–water partition coefficient (Wildman–Crippen LogP) is 4.17. The molecule has 2 heterocycles. The minimum atomic E-state index is -0.162. The summed E-state index contributed by atoms with van der Waals surface area (Å²) in [6.07, 6.45) is 4.39. The number of amides is 2. The molecule has 2 aromatic carbocycles. The number of likely N-dealkylation sites (tertiary alicyclic amines) is 1. The first kappa shape index (κ1) is 23.1. The van der Waals surface area contributed by atoms with Crippen molar-refractivity contribution in [1.29, 1.82) is 0 Å². The van der Waals surface area contributed by atoms with Gasteiger partial charge in [0.15, 0.2) is 0 Å². The second-order valence-electron chi connectivity index (χ2n) is 8.93. The van der Waals surface area contributed by atoms with Crippen LogP contribution in [0.3, 0.4) is 0 Å². The van der Waals surface area contributed by atoms with Crippen molar-refractivity contribution >= 4 is 23.2 Å². The molecule has 4 rings (SSSR count). The minimum Gasteiger partial charge on any atom is -0.491 e. The van der Waals surface area contributed by atoms with E-state index in [0.717, 1.165) is 56.8 Å². The Morgan fingerprint density at radius 3 is 2.58 bits per heavy atom. The van der Waals surface area contributed by atoms with Crippen molar-refractivity contribution in [2.75, 3.05) is 43.5 Å². The van der Waals surface area contributed by atoms with Gasteiger partial charge in [0.1, 0.15) is 12.4 Å². The molecule has 2 N–H and O–H groups in total. The standard InChI is InChI=1S/C26H33N3O4/c1-19-11-13-29(14-12-19)26(31)20-7-9-21(10-8-20)28-25(30)17-27-22-4-2-5-23(16-22)33-18-24-6-3-15-32-24/h2,4-5,7-10,16,19,24,27H,3,6,11-15,17-18H2,1H3,(H,28,30). The topological polar surface area (TPSA) is 79.9 Å². The Morgan fingerprint density at radius 2 is 1.85 bits per heavy atom. The van der Waals surface area contributed by atoms with E-state index in [1.165, 1.54) is 0 Å². The van der Waals surface area contributed by atoms with Gasteiger partial charge in [-0.2, -0.15) is 0 Å². The van der Waals surface area contributed by atoms with Gasteiger partial charge in [-0.15, -0.1) is 0 Å². The highest BCUT2D eigenvalue weighted by Crippen LogP contribution is 2.21. The monoisotopic (exact) mass is 451 g/mol. The largest absolute Gasteiger partial charge is 0.491 e. The first-order valence-electron chi connectivity index (χ1n) is 11.8. The smallest absolute Gasteiger partial charge is 0.253 e. The number of hydrogen-bond donors (Lipinski definition) is 2. The highest BCUT2D eigenvalue weighted by molar-refractivity contribution is 5.96. The van der Waals surface area contributed by atoms with Gasteiger partial charge in [-0.3, -0.25) is 9.59 Å². The van der Waals surface area contributed by atoms with Crippen LogP contribution in [-0.4, -0.2) is 55.7 Å². The first-order valence-corrected chi connectivity index (χ1v) is 11.8. The second-order valence-corrected chi connectivity index (χ2v) is 8.93. The summed E-state index contributed by atoms with van der Waals surface area (Å²) < 4.78 is 11.4. The second kappa shape index (κ2) is 11.2. The molecule has 7 nitrogen and oxygen atoms in total. The normalized spacial score (nSPS) is 18.7. The number of rotatable bonds is 8. The summed E-state index contributed by atoms with van der Waals surface area (Å²) >= 11 is 0. The number of carbonyl (C=O) groups excluding carboxylic acids is 2. The Balaban J connectivity index is 1.22. The number of nitrogens with zero attached hydrogens (tertiary/aromatic N) is 1. The maximum Gasteiger partial charge on any atom is 0.253 e. The molecule has 33 heavy (non-hydrogen) atoms. The highest BCUT2D eigenvalue weighted by Gasteiger charge is 2.21. The molecule has 0 bridgehead atoms. The molecular formula is C26H33N3O4. The number of nitrogens with one attached hydrogen (secondary N) is 2. The van der Waals surface area contributed by atoms with Crippen molar-refractivity contribution in [3.63, 3.8) is 0 Å². The van der Waals surface area contributed by atoms with Crippen LogP contribution in [0.15, 0.2) is 48.5 Å². The number of carbonyl (C=O) groups is 2. The van der Waals surface area contributed by atoms with Gasteiger partial charge in [0.25, 0.3) is 5.91 Å². The summed E-state index contributed by atoms with van der Waals surface area (Å²) in [6, 6.07) is 14.7. The Kier molecular flexibility index (Phi) is 7.83. The molecule has 2 amide bonds. The van der Waals surface area contributed by atoms with E-state index in [4.69, 9.17) is 9.47 Å². The molecule has 2 aliphatic rings. The molecule has 2 aromatic rings. The maximum atomic E-state index is 12.7. The fourth-order valence-electron chi connectivity index (χ4n) is 4.14. The Labute approximate surface area is 195 Å². The summed E-state index contributed by atoms with van der Waals surface area (Å²) in [5, 5.41) is 5.99. The van der Waals surface area contributed by atoms with Crippen LogP contribution >= 0.6 is 0 Å². The van der Waals surface area contributed by atoms with Crippen LogP contribution in [0.5, 0.6) is 5.75 Å². The molecule has 2 saturated heterocycles. The van der Waals surface area contributed by atoms with E-state index < -0.39 is 0 Å². The first-order chi connectivity index (χ1) is 16.1. The highest BCUT2D eigenvalue weighted by atomic mass is 16.5. The van der Waals surface area contributed by atoms with E-state index in [1.54, 1.807) is 24.3 Å². The summed E-state index contributed by atoms with van der Waals surface area (Å²) in [5.41, 5.74) is 2.13. The lowest BCUT2D eigenvalue weighted by molar-refractivity contribution is -0.114. The van der Waals surface area contributed by atoms with E-state index >= 15 is 0 Å². The summed E-state index contributed by atoms with van der Waals surface area (Å²) in [7, 11) is 0. The Morgan fingerprint density at radius 1 is 1.06 bits per heavy atom. The van der Waals surface area contributed by atoms with Crippen molar-refractivity contribution in [2.24, 2.45) is 5.92 Å². The zero-order chi connectivity index (χ0) is 23.0. The van der Waals surface area contributed by atoms with Crippen LogP contribution < -0.4 is 15.4 Å². The zero-order valence-corrected chi connectivity index (χ0v) is 19.2. The third-order valence-corrected chi connectivity index (χ3v) is 6.23. The van der Waals surface area contributed by atoms with E-state index in [2.05, 4.69) is 17.6 Å². The molecular weight excluding hydrogens is 418 g/mol. The van der Waals surface area contributed by atoms with E-state index in [9.17, 15) is 9.59 Å². The molecule has 2 aliphatic heterocycles. The van der Waals surface area contributed by atoms with Gasteiger partial charge < -0.3 is 25.0 Å². The van der Waals surface area contributed by atoms with Crippen LogP contribution in [0, 0.1) is 5.92 Å². The van der Waals surface area contributed by atoms with Gasteiger partial charge >= 0.3 is 0 Å². The van der Waals surface area contributed by atoms with Crippen LogP contribution in [0.1, 0.15) is 43.0 Å². The zero-order valence-electron chi connectivity index (χ0n) is 19.2. The van der Waals surface area contributed by atoms with Gasteiger partial charge in [-0.1, -0.05) is 13.0 Å². The summed E-state index contributed by atoms with van der Waals surface area (Å²) in [6.45, 7) is 5.32. The van der Waals surface area contributed by atoms with E-state index in [1.807, 2.05) is 29.2 Å². The number of anilines is 2. The number of ether oxygens (including phenoxy) is 2. The summed E-state index contributed by atoms with van der Waals surface area (Å²) in [4.78, 5) is 26.9. The van der Waals surface area contributed by atoms with Crippen molar-refractivity contribution in [2.45, 2.75) is 38.7 Å². The SMILES string of the molecule is CC1CCN(C(=O)c2ccc(NC(=O)CNc3cccc(OCC4CCCO4)c3)cc2)CC1. The van der Waals surface area contributed by atoms with Gasteiger partial charge in [0.2, 0.25) is 5.91 Å². The third-order valence-electron chi connectivity index (χ3n) is 6.23. The quantitative estimate of drug-likeness (QED) is 0.630. The molecule has 176 valence electrons. The molecule has 1 unspecified atom stereocenters. The van der Waals surface area contributed by atoms with Gasteiger partial charge in [0.05, 0.1) is 12.6 Å². The van der Waals surface area contributed by atoms with Crippen LogP contribution in [0.2, 0.25) is 0 Å². The van der Waals surface area contributed by atoms with E-state index in [-0.39, 0.29) is 24.5 Å². The number of piperidine rings is 1. The lowest BCUT2D eigenvalue weighted by Crippen LogP contribution is -2.37. The van der Waals surface area contributed by atoms with Gasteiger partial charge in [-0.25, -0.2) is 0 Å². The molecule has 0 aliphatic carbocycles. The Bertz CT molecular complexity index is 933. The fraction of sp³-hybridized carbons (Fsp3) is 0.462. The van der Waals surface area contributed by atoms with Crippen molar-refractivity contribution in [3.8, 4) is 5.75 Å². The number of hydrogen-bond acceptors (Lipinski definition) is 5. The molecule has 0 radical (unpaired) electrons. The minimum absolute atomic E-state index is 0.0584. The average Bonchev–Trinajstić information content (AvgIpc) is 3.36. The molecule has 2 fully saturated rings. The average molecular weight is 452 g/mol. The van der Waals surface area contributed by atoms with Crippen LogP contribution in [0.4, 0.5) is 11.4 Å². The molecule has 7 heteroatoms. The van der Waals surface area contributed by atoms with E-state index in [0.29, 0.717) is 23.8 Å². The maximum absolute atomic E-state index is 12.7.